The van der Waals surface area contributed by atoms with Crippen molar-refractivity contribution >= 4 is 93.3 Å². The molecule has 4 aromatic rings. The molecule has 0 bridgehead atoms. The molecule has 0 spiro atoms. The standard InChI is InChI=1S/C23H22ClN9O11S3/c1-26-9-17(35)33(2)23-29-21(24)28-22(30-23)27-11-3-4-13(15(7-11)46(39,40)41)31-32-20-16(47(42,43)44)6-10-5-12(45(36,37)38)8-14(34)18(10)19(20)25/h3-8,26,34H,9,25H2,1-2H3,(H,36,37,38)(H,39,40,41)(H,42,43,44)(H,27,28,29,30). The highest BCUT2D eigenvalue weighted by atomic mass is 35.5. The minimum atomic E-state index is -5.18. The highest BCUT2D eigenvalue weighted by molar-refractivity contribution is 7.86. The van der Waals surface area contributed by atoms with Crippen molar-refractivity contribution in [2.45, 2.75) is 14.7 Å². The van der Waals surface area contributed by atoms with Crippen LogP contribution in [0.25, 0.3) is 10.8 Å². The fourth-order valence-corrected chi connectivity index (χ4v) is 5.99. The number of likely N-dealkylation sites (N-methyl/N-ethyl adjacent to an activating group) is 2. The molecule has 0 radical (unpaired) electrons. The van der Waals surface area contributed by atoms with Crippen LogP contribution < -0.4 is 21.3 Å². The third-order valence-electron chi connectivity index (χ3n) is 6.09. The summed E-state index contributed by atoms with van der Waals surface area (Å²) in [5.41, 5.74) is 3.94. The number of fused-ring (bicyclic) bond motifs is 1. The Kier molecular flexibility index (Phi) is 9.66. The SMILES string of the molecule is CNCC(=O)N(C)c1nc(Cl)nc(Nc2ccc(N=Nc3c(S(=O)(=O)O)cc4cc(S(=O)(=O)O)cc(O)c4c3N)c(S(=O)(=O)O)c2)n1. The van der Waals surface area contributed by atoms with E-state index in [1.807, 2.05) is 0 Å². The Labute approximate surface area is 270 Å². The average molecular weight is 732 g/mol. The van der Waals surface area contributed by atoms with Gasteiger partial charge in [0, 0.05) is 24.2 Å². The number of aromatic nitrogens is 3. The number of rotatable bonds is 10. The van der Waals surface area contributed by atoms with Crippen LogP contribution >= 0.6 is 11.6 Å². The Morgan fingerprint density at radius 3 is 2.19 bits per heavy atom. The fraction of sp³-hybridized carbons (Fsp3) is 0.130. The lowest BCUT2D eigenvalue weighted by molar-refractivity contribution is -0.117. The molecule has 0 atom stereocenters. The molecule has 24 heteroatoms. The van der Waals surface area contributed by atoms with Gasteiger partial charge in [-0.15, -0.1) is 10.2 Å². The number of aromatic hydroxyl groups is 1. The predicted octanol–water partition coefficient (Wildman–Crippen LogP) is 2.05. The highest BCUT2D eigenvalue weighted by Crippen LogP contribution is 2.43. The molecule has 250 valence electrons. The number of nitrogens with zero attached hydrogens (tertiary/aromatic N) is 6. The number of phenolic OH excluding ortho intramolecular Hbond substituents is 1. The van der Waals surface area contributed by atoms with Crippen LogP contribution in [0.15, 0.2) is 61.3 Å². The summed E-state index contributed by atoms with van der Waals surface area (Å²) in [6, 6.07) is 5.16. The van der Waals surface area contributed by atoms with Crippen molar-refractivity contribution in [3.8, 4) is 5.75 Å². The lowest BCUT2D eigenvalue weighted by Crippen LogP contribution is -2.35. The molecular formula is C23H22ClN9O11S3. The van der Waals surface area contributed by atoms with Crippen LogP contribution in [-0.4, -0.2) is 85.5 Å². The first kappa shape index (κ1) is 35.2. The Morgan fingerprint density at radius 2 is 1.60 bits per heavy atom. The Morgan fingerprint density at radius 1 is 0.936 bits per heavy atom. The summed E-state index contributed by atoms with van der Waals surface area (Å²) in [6.07, 6.45) is 0. The van der Waals surface area contributed by atoms with E-state index in [1.54, 1.807) is 7.05 Å². The van der Waals surface area contributed by atoms with E-state index in [0.29, 0.717) is 12.1 Å². The zero-order chi connectivity index (χ0) is 35.1. The van der Waals surface area contributed by atoms with Crippen molar-refractivity contribution in [2.75, 3.05) is 36.6 Å². The Balaban J connectivity index is 1.81. The predicted molar refractivity (Wildman–Crippen MR) is 166 cm³/mol. The van der Waals surface area contributed by atoms with Crippen LogP contribution in [-0.2, 0) is 35.1 Å². The minimum absolute atomic E-state index is 0.0526. The fourth-order valence-electron chi connectivity index (χ4n) is 3.98. The third-order valence-corrected chi connectivity index (χ3v) is 8.84. The summed E-state index contributed by atoms with van der Waals surface area (Å²) >= 11 is 5.96. The maximum atomic E-state index is 12.3. The first-order chi connectivity index (χ1) is 21.7. The van der Waals surface area contributed by atoms with E-state index in [2.05, 4.69) is 35.8 Å². The van der Waals surface area contributed by atoms with Crippen LogP contribution in [0.2, 0.25) is 5.28 Å². The average Bonchev–Trinajstić information content (AvgIpc) is 2.94. The molecule has 1 heterocycles. The van der Waals surface area contributed by atoms with E-state index >= 15 is 0 Å². The lowest BCUT2D eigenvalue weighted by atomic mass is 10.1. The van der Waals surface area contributed by atoms with Crippen molar-refractivity contribution in [3.63, 3.8) is 0 Å². The minimum Gasteiger partial charge on any atom is -0.507 e. The highest BCUT2D eigenvalue weighted by Gasteiger charge is 2.25. The van der Waals surface area contributed by atoms with Gasteiger partial charge in [0.2, 0.25) is 23.1 Å². The Hall–Kier alpha value is -4.62. The molecule has 0 fully saturated rings. The van der Waals surface area contributed by atoms with Gasteiger partial charge in [0.1, 0.15) is 26.9 Å². The number of phenols is 1. The molecule has 47 heavy (non-hydrogen) atoms. The number of nitrogens with one attached hydrogen (secondary N) is 2. The second kappa shape index (κ2) is 12.9. The number of carbonyl (C=O) groups is 1. The molecule has 3 aromatic carbocycles. The first-order valence-corrected chi connectivity index (χ1v) is 17.1. The van der Waals surface area contributed by atoms with E-state index < -0.39 is 73.8 Å². The van der Waals surface area contributed by atoms with Crippen molar-refractivity contribution < 1.29 is 48.8 Å². The molecule has 0 aliphatic heterocycles. The molecule has 0 aliphatic rings. The van der Waals surface area contributed by atoms with E-state index in [0.717, 1.165) is 23.1 Å². The molecule has 1 amide bonds. The topological polar surface area (TPSA) is 317 Å². The van der Waals surface area contributed by atoms with Crippen molar-refractivity contribution in [2.24, 2.45) is 10.2 Å². The summed E-state index contributed by atoms with van der Waals surface area (Å²) in [6.45, 7) is -0.0526. The molecule has 0 unspecified atom stereocenters. The summed E-state index contributed by atoms with van der Waals surface area (Å²) in [5.74, 6) is -1.65. The molecule has 0 aliphatic carbocycles. The number of halogens is 1. The maximum absolute atomic E-state index is 12.3. The number of anilines is 4. The van der Waals surface area contributed by atoms with E-state index in [9.17, 15) is 48.8 Å². The first-order valence-electron chi connectivity index (χ1n) is 12.4. The number of carbonyl (C=O) groups excluding carboxylic acids is 1. The van der Waals surface area contributed by atoms with Gasteiger partial charge in [0.05, 0.1) is 17.1 Å². The maximum Gasteiger partial charge on any atom is 0.296 e. The summed E-state index contributed by atoms with van der Waals surface area (Å²) in [4.78, 5) is 22.3. The van der Waals surface area contributed by atoms with Gasteiger partial charge in [-0.1, -0.05) is 0 Å². The molecule has 0 saturated heterocycles. The zero-order valence-corrected chi connectivity index (χ0v) is 26.9. The van der Waals surface area contributed by atoms with Gasteiger partial charge in [0.25, 0.3) is 30.4 Å². The zero-order valence-electron chi connectivity index (χ0n) is 23.7. The second-order valence-electron chi connectivity index (χ2n) is 9.32. The molecule has 1 aromatic heterocycles. The molecular weight excluding hydrogens is 710 g/mol. The van der Waals surface area contributed by atoms with E-state index in [-0.39, 0.29) is 40.2 Å². The number of nitrogens with two attached hydrogens (primary N) is 1. The van der Waals surface area contributed by atoms with Gasteiger partial charge < -0.3 is 21.5 Å². The number of amides is 1. The van der Waals surface area contributed by atoms with E-state index in [1.165, 1.54) is 13.1 Å². The van der Waals surface area contributed by atoms with Gasteiger partial charge in [0.15, 0.2) is 0 Å². The molecule has 8 N–H and O–H groups in total. The van der Waals surface area contributed by atoms with Gasteiger partial charge in [-0.05, 0) is 54.4 Å². The number of benzene rings is 3. The quantitative estimate of drug-likeness (QED) is 0.0697. The van der Waals surface area contributed by atoms with Crippen LogP contribution in [0.3, 0.4) is 0 Å². The van der Waals surface area contributed by atoms with Crippen molar-refractivity contribution in [1.82, 2.24) is 20.3 Å². The summed E-state index contributed by atoms with van der Waals surface area (Å²) < 4.78 is 101. The second-order valence-corrected chi connectivity index (χ2v) is 13.9. The smallest absolute Gasteiger partial charge is 0.296 e. The van der Waals surface area contributed by atoms with Crippen molar-refractivity contribution in [1.29, 1.82) is 0 Å². The van der Waals surface area contributed by atoms with Crippen LogP contribution in [0.5, 0.6) is 5.75 Å². The third kappa shape index (κ3) is 7.86. The molecule has 4 rings (SSSR count). The van der Waals surface area contributed by atoms with Crippen LogP contribution in [0.4, 0.5) is 34.6 Å². The van der Waals surface area contributed by atoms with Gasteiger partial charge in [-0.3, -0.25) is 23.4 Å². The monoisotopic (exact) mass is 731 g/mol. The van der Waals surface area contributed by atoms with Crippen LogP contribution in [0.1, 0.15) is 0 Å². The largest absolute Gasteiger partial charge is 0.507 e. The molecule has 20 nitrogen and oxygen atoms in total. The van der Waals surface area contributed by atoms with Crippen molar-refractivity contribution in [3.05, 3.63) is 41.7 Å². The Bertz CT molecular complexity index is 2300. The van der Waals surface area contributed by atoms with E-state index in [4.69, 9.17) is 17.3 Å². The number of hydrogen-bond donors (Lipinski definition) is 7. The number of hydrogen-bond acceptors (Lipinski definition) is 16. The number of azo groups is 1. The molecule has 0 saturated carbocycles. The van der Waals surface area contributed by atoms with Gasteiger partial charge in [-0.2, -0.15) is 40.2 Å². The van der Waals surface area contributed by atoms with Gasteiger partial charge >= 0.3 is 0 Å². The lowest BCUT2D eigenvalue weighted by Gasteiger charge is -2.16. The summed E-state index contributed by atoms with van der Waals surface area (Å²) in [7, 11) is -12.2. The van der Waals surface area contributed by atoms with Gasteiger partial charge in [-0.25, -0.2) is 0 Å². The number of nitrogen functional groups attached to an aromatic ring is 1. The summed E-state index contributed by atoms with van der Waals surface area (Å²) in [5, 5.41) is 22.0. The van der Waals surface area contributed by atoms with Crippen LogP contribution in [0, 0.1) is 0 Å². The normalized spacial score (nSPS) is 12.5.